The van der Waals surface area contributed by atoms with Gasteiger partial charge in [-0.3, -0.25) is 9.78 Å². The lowest BCUT2D eigenvalue weighted by Crippen LogP contribution is -2.34. The number of amides is 1. The van der Waals surface area contributed by atoms with E-state index in [1.807, 2.05) is 0 Å². The Labute approximate surface area is 134 Å². The van der Waals surface area contributed by atoms with Crippen LogP contribution in [0.15, 0.2) is 46.2 Å². The second-order valence-corrected chi connectivity index (χ2v) is 8.46. The lowest BCUT2D eigenvalue weighted by Gasteiger charge is -2.18. The summed E-state index contributed by atoms with van der Waals surface area (Å²) in [6.45, 7) is 3.56. The van der Waals surface area contributed by atoms with Crippen molar-refractivity contribution < 1.29 is 13.2 Å². The van der Waals surface area contributed by atoms with Gasteiger partial charge in [-0.1, -0.05) is 26.0 Å². The Balaban J connectivity index is 2.32. The van der Waals surface area contributed by atoms with Crippen LogP contribution in [0.4, 0.5) is 0 Å². The molecule has 1 amide bonds. The molecular weight excluding hydrogens is 320 g/mol. The third-order valence-electron chi connectivity index (χ3n) is 3.19. The van der Waals surface area contributed by atoms with Crippen LogP contribution in [0.25, 0.3) is 0 Å². The minimum Gasteiger partial charge on any atom is -0.354 e. The highest BCUT2D eigenvalue weighted by molar-refractivity contribution is 7.93. The van der Waals surface area contributed by atoms with E-state index in [4.69, 9.17) is 0 Å². The van der Waals surface area contributed by atoms with Crippen LogP contribution in [0.1, 0.15) is 24.7 Å². The predicted molar refractivity (Wildman–Crippen MR) is 86.3 cm³/mol. The Kier molecular flexibility index (Phi) is 5.31. The van der Waals surface area contributed by atoms with E-state index in [2.05, 4.69) is 10.3 Å². The Hall–Kier alpha value is -1.73. The molecule has 5 nitrogen and oxygen atoms in total. The molecule has 0 unspecified atom stereocenters. The van der Waals surface area contributed by atoms with Gasteiger partial charge in [-0.25, -0.2) is 8.42 Å². The van der Waals surface area contributed by atoms with Gasteiger partial charge in [-0.2, -0.15) is 0 Å². The number of thiophene rings is 1. The standard InChI is InChI=1S/C15H18N2O3S2/c1-11(2)15(18)17-10-13(12-5-3-7-16-9-12)22(19,20)14-6-4-8-21-14/h3-9,11,13H,10H2,1-2H3,(H,17,18)/t13-/m1/s1. The van der Waals surface area contributed by atoms with Crippen molar-refractivity contribution in [2.24, 2.45) is 5.92 Å². The number of pyridine rings is 1. The summed E-state index contributed by atoms with van der Waals surface area (Å²) in [4.78, 5) is 15.8. The van der Waals surface area contributed by atoms with Crippen molar-refractivity contribution in [3.05, 3.63) is 47.6 Å². The lowest BCUT2D eigenvalue weighted by molar-refractivity contribution is -0.123. The molecule has 0 spiro atoms. The molecule has 0 bridgehead atoms. The van der Waals surface area contributed by atoms with Crippen molar-refractivity contribution in [3.8, 4) is 0 Å². The van der Waals surface area contributed by atoms with Crippen LogP contribution in [-0.4, -0.2) is 25.9 Å². The molecular formula is C15H18N2O3S2. The molecule has 1 N–H and O–H groups in total. The van der Waals surface area contributed by atoms with Gasteiger partial charge in [0.15, 0.2) is 9.84 Å². The van der Waals surface area contributed by atoms with Gasteiger partial charge in [0.25, 0.3) is 0 Å². The molecule has 118 valence electrons. The highest BCUT2D eigenvalue weighted by atomic mass is 32.2. The second-order valence-electron chi connectivity index (χ2n) is 5.15. The fourth-order valence-corrected chi connectivity index (χ4v) is 4.79. The van der Waals surface area contributed by atoms with Crippen LogP contribution in [0.5, 0.6) is 0 Å². The number of nitrogens with zero attached hydrogens (tertiary/aromatic N) is 1. The van der Waals surface area contributed by atoms with Crippen molar-refractivity contribution in [1.82, 2.24) is 10.3 Å². The number of carbonyl (C=O) groups is 1. The van der Waals surface area contributed by atoms with Crippen molar-refractivity contribution in [3.63, 3.8) is 0 Å². The monoisotopic (exact) mass is 338 g/mol. The average molecular weight is 338 g/mol. The first-order valence-corrected chi connectivity index (χ1v) is 9.30. The zero-order valence-corrected chi connectivity index (χ0v) is 14.0. The number of aromatic nitrogens is 1. The van der Waals surface area contributed by atoms with E-state index in [1.54, 1.807) is 49.7 Å². The van der Waals surface area contributed by atoms with Crippen LogP contribution in [-0.2, 0) is 14.6 Å². The maximum Gasteiger partial charge on any atom is 0.222 e. The van der Waals surface area contributed by atoms with E-state index in [9.17, 15) is 13.2 Å². The van der Waals surface area contributed by atoms with Crippen molar-refractivity contribution >= 4 is 27.1 Å². The smallest absolute Gasteiger partial charge is 0.222 e. The predicted octanol–water partition coefficient (Wildman–Crippen LogP) is 2.43. The summed E-state index contributed by atoms with van der Waals surface area (Å²) in [6, 6.07) is 6.68. The van der Waals surface area contributed by atoms with Crippen LogP contribution in [0.2, 0.25) is 0 Å². The zero-order valence-electron chi connectivity index (χ0n) is 12.4. The van der Waals surface area contributed by atoms with E-state index in [0.717, 1.165) is 0 Å². The largest absolute Gasteiger partial charge is 0.354 e. The van der Waals surface area contributed by atoms with Gasteiger partial charge >= 0.3 is 0 Å². The van der Waals surface area contributed by atoms with E-state index in [0.29, 0.717) is 9.77 Å². The number of hydrogen-bond donors (Lipinski definition) is 1. The topological polar surface area (TPSA) is 76.1 Å². The van der Waals surface area contributed by atoms with Gasteiger partial charge in [0.2, 0.25) is 5.91 Å². The van der Waals surface area contributed by atoms with Gasteiger partial charge in [0.1, 0.15) is 9.46 Å². The molecule has 7 heteroatoms. The van der Waals surface area contributed by atoms with Crippen LogP contribution in [0, 0.1) is 5.92 Å². The second kappa shape index (κ2) is 7.02. The van der Waals surface area contributed by atoms with Crippen molar-refractivity contribution in [1.29, 1.82) is 0 Å². The van der Waals surface area contributed by atoms with Gasteiger partial charge < -0.3 is 5.32 Å². The van der Waals surface area contributed by atoms with Gasteiger partial charge in [0, 0.05) is 24.9 Å². The summed E-state index contributed by atoms with van der Waals surface area (Å²) in [5.41, 5.74) is 0.569. The van der Waals surface area contributed by atoms with Crippen molar-refractivity contribution in [2.75, 3.05) is 6.54 Å². The molecule has 0 aliphatic rings. The first-order chi connectivity index (χ1) is 10.4. The van der Waals surface area contributed by atoms with Crippen LogP contribution >= 0.6 is 11.3 Å². The van der Waals surface area contributed by atoms with Gasteiger partial charge in [0.05, 0.1) is 0 Å². The molecule has 0 aliphatic heterocycles. The summed E-state index contributed by atoms with van der Waals surface area (Å²) in [5, 5.41) is 3.58. The normalized spacial score (nSPS) is 13.0. The third-order valence-corrected chi connectivity index (χ3v) is 6.72. The molecule has 0 aliphatic carbocycles. The van der Waals surface area contributed by atoms with E-state index < -0.39 is 15.1 Å². The quantitative estimate of drug-likeness (QED) is 0.877. The Morgan fingerprint density at radius 1 is 1.32 bits per heavy atom. The van der Waals surface area contributed by atoms with Crippen LogP contribution < -0.4 is 5.32 Å². The van der Waals surface area contributed by atoms with E-state index >= 15 is 0 Å². The average Bonchev–Trinajstić information content (AvgIpc) is 3.03. The number of carbonyl (C=O) groups excluding carboxylic acids is 1. The van der Waals surface area contributed by atoms with Crippen molar-refractivity contribution in [2.45, 2.75) is 23.3 Å². The summed E-state index contributed by atoms with van der Waals surface area (Å²) < 4.78 is 25.9. The summed E-state index contributed by atoms with van der Waals surface area (Å²) >= 11 is 1.17. The highest BCUT2D eigenvalue weighted by Crippen LogP contribution is 2.30. The number of sulfone groups is 1. The third kappa shape index (κ3) is 3.72. The Morgan fingerprint density at radius 2 is 2.09 bits per heavy atom. The summed E-state index contributed by atoms with van der Waals surface area (Å²) in [6.07, 6.45) is 3.11. The molecule has 0 aromatic carbocycles. The molecule has 0 saturated carbocycles. The minimum absolute atomic E-state index is 0.0307. The summed E-state index contributed by atoms with van der Waals surface area (Å²) in [5.74, 6) is -0.366. The van der Waals surface area contributed by atoms with E-state index in [-0.39, 0.29) is 18.4 Å². The zero-order chi connectivity index (χ0) is 16.2. The number of nitrogens with one attached hydrogen (secondary N) is 1. The molecule has 2 aromatic rings. The molecule has 0 radical (unpaired) electrons. The summed E-state index contributed by atoms with van der Waals surface area (Å²) in [7, 11) is -3.57. The lowest BCUT2D eigenvalue weighted by atomic mass is 10.2. The Bertz CT molecular complexity index is 711. The minimum atomic E-state index is -3.57. The SMILES string of the molecule is CC(C)C(=O)NC[C@H](c1cccnc1)S(=O)(=O)c1cccs1. The van der Waals surface area contributed by atoms with Crippen LogP contribution in [0.3, 0.4) is 0 Å². The molecule has 2 heterocycles. The fraction of sp³-hybridized carbons (Fsp3) is 0.333. The molecule has 1 atom stereocenters. The van der Waals surface area contributed by atoms with E-state index in [1.165, 1.54) is 17.5 Å². The highest BCUT2D eigenvalue weighted by Gasteiger charge is 2.30. The molecule has 0 saturated heterocycles. The van der Waals surface area contributed by atoms with Gasteiger partial charge in [-0.05, 0) is 23.1 Å². The number of rotatable bonds is 6. The molecule has 2 rings (SSSR count). The fourth-order valence-electron chi connectivity index (χ4n) is 1.94. The maximum atomic E-state index is 12.8. The molecule has 22 heavy (non-hydrogen) atoms. The first-order valence-electron chi connectivity index (χ1n) is 6.88. The Morgan fingerprint density at radius 3 is 2.64 bits per heavy atom. The number of hydrogen-bond acceptors (Lipinski definition) is 5. The maximum absolute atomic E-state index is 12.8. The first kappa shape index (κ1) is 16.6. The molecule has 2 aromatic heterocycles. The molecule has 0 fully saturated rings. The van der Waals surface area contributed by atoms with Gasteiger partial charge in [-0.15, -0.1) is 11.3 Å².